The summed E-state index contributed by atoms with van der Waals surface area (Å²) >= 11 is 0. The van der Waals surface area contributed by atoms with Crippen molar-refractivity contribution in [1.29, 1.82) is 0 Å². The quantitative estimate of drug-likeness (QED) is 0.673. The third kappa shape index (κ3) is 2.72. The highest BCUT2D eigenvalue weighted by Crippen LogP contribution is 2.30. The van der Waals surface area contributed by atoms with E-state index in [-0.39, 0.29) is 17.2 Å². The SMILES string of the molecule is CCCn1c(CO)nnc1-c1cc(F)cc([N+](=O)[O-])c1F. The second kappa shape index (κ2) is 5.92. The van der Waals surface area contributed by atoms with E-state index >= 15 is 0 Å². The largest absolute Gasteiger partial charge is 0.388 e. The fourth-order valence-electron chi connectivity index (χ4n) is 1.98. The van der Waals surface area contributed by atoms with E-state index < -0.39 is 28.9 Å². The number of nitro groups is 1. The topological polar surface area (TPSA) is 94.1 Å². The Morgan fingerprint density at radius 2 is 2.10 bits per heavy atom. The first-order chi connectivity index (χ1) is 9.99. The minimum absolute atomic E-state index is 0.0546. The van der Waals surface area contributed by atoms with Crippen molar-refractivity contribution < 1.29 is 18.8 Å². The van der Waals surface area contributed by atoms with Crippen molar-refractivity contribution in [3.05, 3.63) is 39.7 Å². The molecule has 0 amide bonds. The van der Waals surface area contributed by atoms with E-state index in [1.807, 2.05) is 6.92 Å². The van der Waals surface area contributed by atoms with Crippen LogP contribution in [0.5, 0.6) is 0 Å². The molecule has 0 atom stereocenters. The number of aliphatic hydroxyl groups is 1. The molecule has 0 radical (unpaired) electrons. The van der Waals surface area contributed by atoms with Gasteiger partial charge in [-0.15, -0.1) is 10.2 Å². The van der Waals surface area contributed by atoms with Gasteiger partial charge in [-0.05, 0) is 12.5 Å². The summed E-state index contributed by atoms with van der Waals surface area (Å²) in [7, 11) is 0. The Morgan fingerprint density at radius 1 is 1.38 bits per heavy atom. The van der Waals surface area contributed by atoms with Crippen LogP contribution in [0, 0.1) is 21.7 Å². The molecule has 2 rings (SSSR count). The molecular formula is C12H12F2N4O3. The van der Waals surface area contributed by atoms with Crippen LogP contribution in [0.3, 0.4) is 0 Å². The first-order valence-corrected chi connectivity index (χ1v) is 6.16. The molecule has 1 aromatic heterocycles. The number of benzene rings is 1. The monoisotopic (exact) mass is 298 g/mol. The van der Waals surface area contributed by atoms with E-state index in [1.165, 1.54) is 4.57 Å². The van der Waals surface area contributed by atoms with Gasteiger partial charge >= 0.3 is 5.69 Å². The lowest BCUT2D eigenvalue weighted by Crippen LogP contribution is -2.07. The molecule has 0 bridgehead atoms. The maximum absolute atomic E-state index is 14.2. The Morgan fingerprint density at radius 3 is 2.67 bits per heavy atom. The number of aromatic nitrogens is 3. The van der Waals surface area contributed by atoms with Crippen LogP contribution >= 0.6 is 0 Å². The van der Waals surface area contributed by atoms with E-state index in [0.717, 1.165) is 6.07 Å². The molecular weight excluding hydrogens is 286 g/mol. The second-order valence-corrected chi connectivity index (χ2v) is 4.29. The maximum Gasteiger partial charge on any atom is 0.308 e. The summed E-state index contributed by atoms with van der Waals surface area (Å²) in [5, 5.41) is 27.3. The van der Waals surface area contributed by atoms with Crippen molar-refractivity contribution >= 4 is 5.69 Å². The molecule has 0 aliphatic carbocycles. The van der Waals surface area contributed by atoms with Gasteiger partial charge < -0.3 is 9.67 Å². The Hall–Kier alpha value is -2.42. The fraction of sp³-hybridized carbons (Fsp3) is 0.333. The highest BCUT2D eigenvalue weighted by molar-refractivity contribution is 5.61. The molecule has 0 saturated carbocycles. The molecule has 9 heteroatoms. The average molecular weight is 298 g/mol. The van der Waals surface area contributed by atoms with Crippen molar-refractivity contribution in [3.8, 4) is 11.4 Å². The maximum atomic E-state index is 14.2. The lowest BCUT2D eigenvalue weighted by molar-refractivity contribution is -0.387. The van der Waals surface area contributed by atoms with E-state index in [2.05, 4.69) is 10.2 Å². The molecule has 0 spiro atoms. The number of rotatable bonds is 5. The van der Waals surface area contributed by atoms with Crippen molar-refractivity contribution in [1.82, 2.24) is 14.8 Å². The predicted molar refractivity (Wildman–Crippen MR) is 68.2 cm³/mol. The molecule has 1 heterocycles. The summed E-state index contributed by atoms with van der Waals surface area (Å²) in [5.74, 6) is -2.01. The number of aliphatic hydroxyl groups excluding tert-OH is 1. The molecule has 7 nitrogen and oxygen atoms in total. The first kappa shape index (κ1) is 15.0. The van der Waals surface area contributed by atoms with Gasteiger partial charge in [0.1, 0.15) is 12.4 Å². The summed E-state index contributed by atoms with van der Waals surface area (Å²) in [6, 6.07) is 1.33. The van der Waals surface area contributed by atoms with Gasteiger partial charge in [-0.3, -0.25) is 10.1 Å². The third-order valence-electron chi connectivity index (χ3n) is 2.87. The lowest BCUT2D eigenvalue weighted by atomic mass is 10.1. The Balaban J connectivity index is 2.67. The highest BCUT2D eigenvalue weighted by Gasteiger charge is 2.25. The smallest absolute Gasteiger partial charge is 0.308 e. The van der Waals surface area contributed by atoms with Gasteiger partial charge in [0, 0.05) is 6.54 Å². The molecule has 2 aromatic rings. The Bertz CT molecular complexity index is 687. The molecule has 1 N–H and O–H groups in total. The van der Waals surface area contributed by atoms with Gasteiger partial charge in [0.05, 0.1) is 16.6 Å². The second-order valence-electron chi connectivity index (χ2n) is 4.29. The number of hydrogen-bond donors (Lipinski definition) is 1. The fourth-order valence-corrected chi connectivity index (χ4v) is 1.98. The highest BCUT2D eigenvalue weighted by atomic mass is 19.1. The van der Waals surface area contributed by atoms with Gasteiger partial charge in [-0.1, -0.05) is 6.92 Å². The number of hydrogen-bond acceptors (Lipinski definition) is 5. The summed E-state index contributed by atoms with van der Waals surface area (Å²) in [4.78, 5) is 9.74. The lowest BCUT2D eigenvalue weighted by Gasteiger charge is -2.08. The molecule has 0 aliphatic rings. The summed E-state index contributed by atoms with van der Waals surface area (Å²) < 4.78 is 29.1. The van der Waals surface area contributed by atoms with E-state index in [1.54, 1.807) is 0 Å². The van der Waals surface area contributed by atoms with Crippen LogP contribution in [-0.4, -0.2) is 24.8 Å². The van der Waals surface area contributed by atoms with Crippen LogP contribution in [0.4, 0.5) is 14.5 Å². The minimum Gasteiger partial charge on any atom is -0.388 e. The third-order valence-corrected chi connectivity index (χ3v) is 2.87. The molecule has 0 aliphatic heterocycles. The van der Waals surface area contributed by atoms with Gasteiger partial charge in [0.15, 0.2) is 11.6 Å². The van der Waals surface area contributed by atoms with Gasteiger partial charge in [-0.25, -0.2) is 4.39 Å². The zero-order chi connectivity index (χ0) is 15.6. The normalized spacial score (nSPS) is 10.9. The van der Waals surface area contributed by atoms with Crippen LogP contribution in [0.15, 0.2) is 12.1 Å². The molecule has 112 valence electrons. The number of nitrogens with zero attached hydrogens (tertiary/aromatic N) is 4. The Labute approximate surface area is 118 Å². The van der Waals surface area contributed by atoms with Crippen LogP contribution in [0.1, 0.15) is 19.2 Å². The van der Waals surface area contributed by atoms with E-state index in [4.69, 9.17) is 0 Å². The van der Waals surface area contributed by atoms with Crippen LogP contribution in [0.25, 0.3) is 11.4 Å². The zero-order valence-corrected chi connectivity index (χ0v) is 11.1. The average Bonchev–Trinajstić information content (AvgIpc) is 2.84. The standard InChI is InChI=1S/C12H12F2N4O3/c1-2-3-17-10(6-19)15-16-12(17)8-4-7(13)5-9(11(8)14)18(20)21/h4-5,19H,2-3,6H2,1H3. The predicted octanol–water partition coefficient (Wildman–Crippen LogP) is 2.03. The summed E-state index contributed by atoms with van der Waals surface area (Å²) in [6.45, 7) is 1.78. The van der Waals surface area contributed by atoms with Crippen molar-refractivity contribution in [2.75, 3.05) is 0 Å². The number of nitro benzene ring substituents is 1. The first-order valence-electron chi connectivity index (χ1n) is 6.16. The van der Waals surface area contributed by atoms with Gasteiger partial charge in [-0.2, -0.15) is 4.39 Å². The van der Waals surface area contributed by atoms with Crippen molar-refractivity contribution in [2.45, 2.75) is 26.5 Å². The van der Waals surface area contributed by atoms with Gasteiger partial charge in [0.2, 0.25) is 5.82 Å². The summed E-state index contributed by atoms with van der Waals surface area (Å²) in [6.07, 6.45) is 0.636. The van der Waals surface area contributed by atoms with Gasteiger partial charge in [0.25, 0.3) is 0 Å². The molecule has 21 heavy (non-hydrogen) atoms. The molecule has 0 unspecified atom stereocenters. The molecule has 1 aromatic carbocycles. The number of halogens is 2. The molecule has 0 saturated heterocycles. The minimum atomic E-state index is -1.18. The molecule has 0 fully saturated rings. The van der Waals surface area contributed by atoms with E-state index in [0.29, 0.717) is 19.0 Å². The summed E-state index contributed by atoms with van der Waals surface area (Å²) in [5.41, 5.74) is -1.33. The Kier molecular flexibility index (Phi) is 4.22. The zero-order valence-electron chi connectivity index (χ0n) is 11.1. The van der Waals surface area contributed by atoms with Crippen LogP contribution < -0.4 is 0 Å². The van der Waals surface area contributed by atoms with E-state index in [9.17, 15) is 24.0 Å². The van der Waals surface area contributed by atoms with Crippen molar-refractivity contribution in [2.24, 2.45) is 0 Å². The van der Waals surface area contributed by atoms with Crippen LogP contribution in [-0.2, 0) is 13.2 Å². The van der Waals surface area contributed by atoms with Crippen molar-refractivity contribution in [3.63, 3.8) is 0 Å². The van der Waals surface area contributed by atoms with Crippen LogP contribution in [0.2, 0.25) is 0 Å².